The molecular weight excluding hydrogens is 306 g/mol. The molecule has 0 radical (unpaired) electrons. The second-order valence-corrected chi connectivity index (χ2v) is 5.70. The molecular formula is C18H19N3O3. The lowest BCUT2D eigenvalue weighted by atomic mass is 10.1. The molecule has 1 aliphatic heterocycles. The van der Waals surface area contributed by atoms with Crippen molar-refractivity contribution in [3.63, 3.8) is 0 Å². The SMILES string of the molecule is CC1Oc2ccccc2N(CC(=O)NC(C)c2ccccn2)C1=O. The van der Waals surface area contributed by atoms with Crippen molar-refractivity contribution in [2.24, 2.45) is 0 Å². The number of carbonyl (C=O) groups excluding carboxylic acids is 2. The predicted octanol–water partition coefficient (Wildman–Crippen LogP) is 2.07. The van der Waals surface area contributed by atoms with Crippen molar-refractivity contribution >= 4 is 17.5 Å². The van der Waals surface area contributed by atoms with Crippen LogP contribution in [0.4, 0.5) is 5.69 Å². The number of benzene rings is 1. The van der Waals surface area contributed by atoms with Crippen molar-refractivity contribution < 1.29 is 14.3 Å². The van der Waals surface area contributed by atoms with Crippen molar-refractivity contribution in [1.29, 1.82) is 0 Å². The zero-order chi connectivity index (χ0) is 17.1. The zero-order valence-corrected chi connectivity index (χ0v) is 13.6. The average Bonchev–Trinajstić information content (AvgIpc) is 2.59. The Kier molecular flexibility index (Phi) is 4.46. The smallest absolute Gasteiger partial charge is 0.268 e. The molecule has 0 bridgehead atoms. The number of fused-ring (bicyclic) bond motifs is 1. The minimum absolute atomic E-state index is 0.0548. The van der Waals surface area contributed by atoms with Crippen LogP contribution in [0.1, 0.15) is 25.6 Å². The van der Waals surface area contributed by atoms with Crippen LogP contribution in [0.3, 0.4) is 0 Å². The lowest BCUT2D eigenvalue weighted by Gasteiger charge is -2.32. The van der Waals surface area contributed by atoms with Crippen LogP contribution in [-0.2, 0) is 9.59 Å². The fourth-order valence-corrected chi connectivity index (χ4v) is 2.66. The second-order valence-electron chi connectivity index (χ2n) is 5.70. The van der Waals surface area contributed by atoms with Gasteiger partial charge < -0.3 is 10.1 Å². The minimum atomic E-state index is -0.610. The van der Waals surface area contributed by atoms with Crippen LogP contribution in [-0.4, -0.2) is 29.4 Å². The van der Waals surface area contributed by atoms with Gasteiger partial charge in [0, 0.05) is 6.20 Å². The van der Waals surface area contributed by atoms with E-state index in [2.05, 4.69) is 10.3 Å². The highest BCUT2D eigenvalue weighted by Gasteiger charge is 2.32. The molecule has 1 aliphatic rings. The van der Waals surface area contributed by atoms with Gasteiger partial charge in [-0.25, -0.2) is 0 Å². The molecule has 0 spiro atoms. The number of rotatable bonds is 4. The number of aromatic nitrogens is 1. The summed E-state index contributed by atoms with van der Waals surface area (Å²) < 4.78 is 5.57. The highest BCUT2D eigenvalue weighted by atomic mass is 16.5. The van der Waals surface area contributed by atoms with E-state index in [1.807, 2.05) is 37.3 Å². The Morgan fingerprint density at radius 3 is 2.79 bits per heavy atom. The first-order valence-corrected chi connectivity index (χ1v) is 7.83. The molecule has 6 nitrogen and oxygen atoms in total. The van der Waals surface area contributed by atoms with Gasteiger partial charge in [0.1, 0.15) is 12.3 Å². The summed E-state index contributed by atoms with van der Waals surface area (Å²) in [6.07, 6.45) is 1.07. The number of carbonyl (C=O) groups is 2. The normalized spacial score (nSPS) is 17.7. The van der Waals surface area contributed by atoms with E-state index in [9.17, 15) is 9.59 Å². The quantitative estimate of drug-likeness (QED) is 0.934. The molecule has 6 heteroatoms. The predicted molar refractivity (Wildman–Crippen MR) is 89.7 cm³/mol. The maximum Gasteiger partial charge on any atom is 0.268 e. The number of anilines is 1. The van der Waals surface area contributed by atoms with E-state index in [1.165, 1.54) is 4.90 Å². The molecule has 0 fully saturated rings. The molecule has 1 aromatic carbocycles. The Morgan fingerprint density at radius 1 is 1.29 bits per heavy atom. The summed E-state index contributed by atoms with van der Waals surface area (Å²) in [5.41, 5.74) is 1.38. The highest BCUT2D eigenvalue weighted by molar-refractivity contribution is 6.03. The Balaban J connectivity index is 1.73. The standard InChI is InChI=1S/C18H19N3O3/c1-12(14-7-5-6-10-19-14)20-17(22)11-21-15-8-3-4-9-16(15)24-13(2)18(21)23/h3-10,12-13H,11H2,1-2H3,(H,20,22). The molecule has 1 aromatic heterocycles. The summed E-state index contributed by atoms with van der Waals surface area (Å²) in [6, 6.07) is 12.5. The molecule has 0 aliphatic carbocycles. The second kappa shape index (κ2) is 6.70. The van der Waals surface area contributed by atoms with Crippen molar-refractivity contribution in [2.75, 3.05) is 11.4 Å². The average molecular weight is 325 g/mol. The van der Waals surface area contributed by atoms with Gasteiger partial charge in [0.15, 0.2) is 6.10 Å². The van der Waals surface area contributed by atoms with Crippen LogP contribution in [0.5, 0.6) is 5.75 Å². The molecule has 0 saturated heterocycles. The van der Waals surface area contributed by atoms with Gasteiger partial charge in [-0.2, -0.15) is 0 Å². The van der Waals surface area contributed by atoms with Crippen molar-refractivity contribution in [1.82, 2.24) is 10.3 Å². The van der Waals surface area contributed by atoms with Crippen molar-refractivity contribution in [3.05, 3.63) is 54.4 Å². The van der Waals surface area contributed by atoms with Gasteiger partial charge in [-0.05, 0) is 38.1 Å². The lowest BCUT2D eigenvalue weighted by Crippen LogP contribution is -2.49. The van der Waals surface area contributed by atoms with Gasteiger partial charge in [-0.3, -0.25) is 19.5 Å². The monoisotopic (exact) mass is 325 g/mol. The van der Waals surface area contributed by atoms with Crippen LogP contribution in [0.15, 0.2) is 48.7 Å². The third-order valence-corrected chi connectivity index (χ3v) is 3.88. The summed E-state index contributed by atoms with van der Waals surface area (Å²) in [4.78, 5) is 30.5. The fraction of sp³-hybridized carbons (Fsp3) is 0.278. The molecule has 0 saturated carbocycles. The van der Waals surface area contributed by atoms with E-state index < -0.39 is 6.10 Å². The van der Waals surface area contributed by atoms with E-state index >= 15 is 0 Å². The number of para-hydroxylation sites is 2. The van der Waals surface area contributed by atoms with Crippen LogP contribution >= 0.6 is 0 Å². The maximum atomic E-state index is 12.4. The Hall–Kier alpha value is -2.89. The topological polar surface area (TPSA) is 71.5 Å². The van der Waals surface area contributed by atoms with Crippen LogP contribution in [0, 0.1) is 0 Å². The van der Waals surface area contributed by atoms with Crippen LogP contribution in [0.25, 0.3) is 0 Å². The van der Waals surface area contributed by atoms with Gasteiger partial charge in [0.05, 0.1) is 17.4 Å². The van der Waals surface area contributed by atoms with Gasteiger partial charge >= 0.3 is 0 Å². The Morgan fingerprint density at radius 2 is 2.04 bits per heavy atom. The maximum absolute atomic E-state index is 12.4. The van der Waals surface area contributed by atoms with Gasteiger partial charge in [0.25, 0.3) is 5.91 Å². The first-order chi connectivity index (χ1) is 11.6. The Labute approximate surface area is 140 Å². The molecule has 2 unspecified atom stereocenters. The van der Waals surface area contributed by atoms with Crippen LogP contribution in [0.2, 0.25) is 0 Å². The first-order valence-electron chi connectivity index (χ1n) is 7.83. The number of pyridine rings is 1. The highest BCUT2D eigenvalue weighted by Crippen LogP contribution is 2.33. The lowest BCUT2D eigenvalue weighted by molar-refractivity contribution is -0.128. The van der Waals surface area contributed by atoms with E-state index in [0.717, 1.165) is 5.69 Å². The molecule has 1 N–H and O–H groups in total. The minimum Gasteiger partial charge on any atom is -0.479 e. The molecule has 2 aromatic rings. The van der Waals surface area contributed by atoms with E-state index in [0.29, 0.717) is 11.4 Å². The molecule has 124 valence electrons. The largest absolute Gasteiger partial charge is 0.479 e. The molecule has 2 amide bonds. The van der Waals surface area contributed by atoms with E-state index in [1.54, 1.807) is 25.3 Å². The summed E-state index contributed by atoms with van der Waals surface area (Å²) in [7, 11) is 0. The van der Waals surface area contributed by atoms with Crippen molar-refractivity contribution in [2.45, 2.75) is 26.0 Å². The number of ether oxygens (including phenoxy) is 1. The number of nitrogens with zero attached hydrogens (tertiary/aromatic N) is 2. The number of nitrogens with one attached hydrogen (secondary N) is 1. The number of amides is 2. The number of hydrogen-bond donors (Lipinski definition) is 1. The van der Waals surface area contributed by atoms with E-state index in [-0.39, 0.29) is 24.4 Å². The van der Waals surface area contributed by atoms with Gasteiger partial charge in [0.2, 0.25) is 5.91 Å². The molecule has 3 rings (SSSR count). The summed E-state index contributed by atoms with van der Waals surface area (Å²) in [5.74, 6) is 0.134. The summed E-state index contributed by atoms with van der Waals surface area (Å²) >= 11 is 0. The Bertz CT molecular complexity index is 748. The van der Waals surface area contributed by atoms with Crippen LogP contribution < -0.4 is 15.0 Å². The number of hydrogen-bond acceptors (Lipinski definition) is 4. The van der Waals surface area contributed by atoms with E-state index in [4.69, 9.17) is 4.74 Å². The third-order valence-electron chi connectivity index (χ3n) is 3.88. The first kappa shape index (κ1) is 16.0. The summed E-state index contributed by atoms with van der Waals surface area (Å²) in [5, 5.41) is 2.87. The van der Waals surface area contributed by atoms with Gasteiger partial charge in [-0.15, -0.1) is 0 Å². The summed E-state index contributed by atoms with van der Waals surface area (Å²) in [6.45, 7) is 3.48. The molecule has 2 atom stereocenters. The third kappa shape index (κ3) is 3.22. The zero-order valence-electron chi connectivity index (χ0n) is 13.6. The molecule has 2 heterocycles. The van der Waals surface area contributed by atoms with Gasteiger partial charge in [-0.1, -0.05) is 18.2 Å². The molecule has 24 heavy (non-hydrogen) atoms. The van der Waals surface area contributed by atoms with Crippen molar-refractivity contribution in [3.8, 4) is 5.75 Å². The fourth-order valence-electron chi connectivity index (χ4n) is 2.66.